The maximum absolute atomic E-state index is 11.6. The SMILES string of the molecule is NC(=O)c1ccc2c(c1)nc(NCCOCCCCNCc1ccc(Cl)c(CO)c1)c1ccncc12. The molecule has 0 unspecified atom stereocenters. The van der Waals surface area contributed by atoms with E-state index in [2.05, 4.69) is 15.6 Å². The first kappa shape index (κ1) is 25.8. The van der Waals surface area contributed by atoms with Gasteiger partial charge in [-0.2, -0.15) is 0 Å². The van der Waals surface area contributed by atoms with Crippen LogP contribution in [0.4, 0.5) is 5.82 Å². The monoisotopic (exact) mass is 507 g/mol. The number of rotatable bonds is 13. The molecule has 4 rings (SSSR count). The number of ether oxygens (including phenoxy) is 1. The molecule has 36 heavy (non-hydrogen) atoms. The lowest BCUT2D eigenvalue weighted by atomic mass is 10.1. The first-order chi connectivity index (χ1) is 17.6. The number of nitrogens with one attached hydrogen (secondary N) is 2. The van der Waals surface area contributed by atoms with Crippen LogP contribution in [0.3, 0.4) is 0 Å². The Morgan fingerprint density at radius 1 is 1.03 bits per heavy atom. The predicted molar refractivity (Wildman–Crippen MR) is 143 cm³/mol. The summed E-state index contributed by atoms with van der Waals surface area (Å²) >= 11 is 6.03. The van der Waals surface area contributed by atoms with E-state index in [9.17, 15) is 9.90 Å². The lowest BCUT2D eigenvalue weighted by Gasteiger charge is -2.12. The topological polar surface area (TPSA) is 122 Å². The maximum atomic E-state index is 11.6. The highest BCUT2D eigenvalue weighted by molar-refractivity contribution is 6.31. The molecule has 0 saturated carbocycles. The molecule has 0 bridgehead atoms. The number of nitrogens with two attached hydrogens (primary N) is 1. The fourth-order valence-electron chi connectivity index (χ4n) is 4.03. The van der Waals surface area contributed by atoms with Gasteiger partial charge in [0, 0.05) is 58.8 Å². The number of hydrogen-bond donors (Lipinski definition) is 4. The number of unbranched alkanes of at least 4 members (excludes halogenated alkanes) is 1. The molecule has 2 heterocycles. The second-order valence-electron chi connectivity index (χ2n) is 8.48. The molecular formula is C27H30ClN5O3. The van der Waals surface area contributed by atoms with Gasteiger partial charge in [0.15, 0.2) is 0 Å². The van der Waals surface area contributed by atoms with Crippen molar-refractivity contribution in [1.82, 2.24) is 15.3 Å². The number of pyridine rings is 2. The predicted octanol–water partition coefficient (Wildman–Crippen LogP) is 4.03. The van der Waals surface area contributed by atoms with Gasteiger partial charge in [-0.1, -0.05) is 29.8 Å². The van der Waals surface area contributed by atoms with Crippen molar-refractivity contribution in [2.75, 3.05) is 31.6 Å². The normalized spacial score (nSPS) is 11.3. The first-order valence-electron chi connectivity index (χ1n) is 11.9. The molecule has 4 aromatic rings. The standard InChI is InChI=1S/C27H30ClN5O3/c28-24-6-3-18(13-20(24)17-34)15-30-8-1-2-11-36-12-10-32-27-22-7-9-31-16-23(22)21-5-4-19(26(29)35)14-25(21)33-27/h3-7,9,13-14,16,30,34H,1-2,8,10-12,15,17H2,(H2,29,35)(H,32,33). The largest absolute Gasteiger partial charge is 0.392 e. The number of carbonyl (C=O) groups excluding carboxylic acids is 1. The molecule has 188 valence electrons. The molecule has 1 amide bonds. The molecular weight excluding hydrogens is 478 g/mol. The fourth-order valence-corrected chi connectivity index (χ4v) is 4.20. The highest BCUT2D eigenvalue weighted by atomic mass is 35.5. The van der Waals surface area contributed by atoms with Gasteiger partial charge in [0.05, 0.1) is 18.7 Å². The smallest absolute Gasteiger partial charge is 0.248 e. The summed E-state index contributed by atoms with van der Waals surface area (Å²) in [5, 5.41) is 19.5. The van der Waals surface area contributed by atoms with E-state index in [0.717, 1.165) is 59.0 Å². The van der Waals surface area contributed by atoms with E-state index < -0.39 is 5.91 Å². The Hall–Kier alpha value is -3.30. The number of aliphatic hydroxyl groups excluding tert-OH is 1. The van der Waals surface area contributed by atoms with Crippen molar-refractivity contribution >= 4 is 45.0 Å². The van der Waals surface area contributed by atoms with Crippen LogP contribution >= 0.6 is 11.6 Å². The molecule has 0 spiro atoms. The van der Waals surface area contributed by atoms with Crippen LogP contribution in [0.2, 0.25) is 5.02 Å². The maximum Gasteiger partial charge on any atom is 0.248 e. The Labute approximate surface area is 214 Å². The summed E-state index contributed by atoms with van der Waals surface area (Å²) in [5.74, 6) is 0.241. The van der Waals surface area contributed by atoms with Crippen molar-refractivity contribution in [2.24, 2.45) is 5.73 Å². The van der Waals surface area contributed by atoms with Crippen LogP contribution in [0.1, 0.15) is 34.3 Å². The molecule has 2 aromatic heterocycles. The van der Waals surface area contributed by atoms with Gasteiger partial charge in [0.2, 0.25) is 5.91 Å². The molecule has 0 saturated heterocycles. The number of aliphatic hydroxyl groups is 1. The number of benzene rings is 2. The number of fused-ring (bicyclic) bond motifs is 3. The first-order valence-corrected chi connectivity index (χ1v) is 12.3. The Morgan fingerprint density at radius 3 is 2.75 bits per heavy atom. The third kappa shape index (κ3) is 6.47. The average molecular weight is 508 g/mol. The van der Waals surface area contributed by atoms with E-state index >= 15 is 0 Å². The number of hydrogen-bond acceptors (Lipinski definition) is 7. The number of carbonyl (C=O) groups is 1. The molecule has 2 aromatic carbocycles. The van der Waals surface area contributed by atoms with E-state index in [4.69, 9.17) is 27.1 Å². The minimum absolute atomic E-state index is 0.0561. The zero-order valence-corrected chi connectivity index (χ0v) is 20.7. The lowest BCUT2D eigenvalue weighted by molar-refractivity contribution is 0.100. The Morgan fingerprint density at radius 2 is 1.92 bits per heavy atom. The summed E-state index contributed by atoms with van der Waals surface area (Å²) in [6.07, 6.45) is 5.49. The lowest BCUT2D eigenvalue weighted by Crippen LogP contribution is -2.16. The number of halogens is 1. The number of aromatic nitrogens is 2. The molecule has 0 aliphatic rings. The Kier molecular flexibility index (Phi) is 9.02. The molecule has 0 aliphatic heterocycles. The van der Waals surface area contributed by atoms with Crippen molar-refractivity contribution in [3.63, 3.8) is 0 Å². The quantitative estimate of drug-likeness (QED) is 0.159. The summed E-state index contributed by atoms with van der Waals surface area (Å²) in [5.41, 5.74) is 8.39. The molecule has 0 atom stereocenters. The van der Waals surface area contributed by atoms with Gasteiger partial charge in [-0.3, -0.25) is 9.78 Å². The molecule has 0 aliphatic carbocycles. The second-order valence-corrected chi connectivity index (χ2v) is 8.89. The Balaban J connectivity index is 1.20. The minimum Gasteiger partial charge on any atom is -0.392 e. The summed E-state index contributed by atoms with van der Waals surface area (Å²) in [7, 11) is 0. The molecule has 5 N–H and O–H groups in total. The van der Waals surface area contributed by atoms with Gasteiger partial charge in [0.1, 0.15) is 5.82 Å². The van der Waals surface area contributed by atoms with Crippen molar-refractivity contribution in [1.29, 1.82) is 0 Å². The van der Waals surface area contributed by atoms with Gasteiger partial charge in [0.25, 0.3) is 0 Å². The van der Waals surface area contributed by atoms with Crippen molar-refractivity contribution in [3.8, 4) is 0 Å². The highest BCUT2D eigenvalue weighted by Gasteiger charge is 2.10. The van der Waals surface area contributed by atoms with E-state index in [0.29, 0.717) is 35.9 Å². The molecule has 0 fully saturated rings. The Bertz CT molecular complexity index is 1350. The van der Waals surface area contributed by atoms with Crippen LogP contribution < -0.4 is 16.4 Å². The van der Waals surface area contributed by atoms with Crippen LogP contribution in [0.25, 0.3) is 21.7 Å². The minimum atomic E-state index is -0.482. The van der Waals surface area contributed by atoms with Crippen LogP contribution in [0.5, 0.6) is 0 Å². The van der Waals surface area contributed by atoms with Crippen LogP contribution in [-0.2, 0) is 17.9 Å². The molecule has 0 radical (unpaired) electrons. The summed E-state index contributed by atoms with van der Waals surface area (Å²) < 4.78 is 5.78. The van der Waals surface area contributed by atoms with Gasteiger partial charge >= 0.3 is 0 Å². The summed E-state index contributed by atoms with van der Waals surface area (Å²) in [6, 6.07) is 12.9. The van der Waals surface area contributed by atoms with E-state index in [1.165, 1.54) is 0 Å². The highest BCUT2D eigenvalue weighted by Crippen LogP contribution is 2.29. The zero-order valence-electron chi connectivity index (χ0n) is 20.0. The number of amides is 1. The second kappa shape index (κ2) is 12.6. The van der Waals surface area contributed by atoms with Crippen LogP contribution in [0.15, 0.2) is 54.9 Å². The molecule has 8 nitrogen and oxygen atoms in total. The molecule has 9 heteroatoms. The zero-order chi connectivity index (χ0) is 25.3. The number of primary amides is 1. The van der Waals surface area contributed by atoms with Crippen LogP contribution in [-0.4, -0.2) is 47.3 Å². The van der Waals surface area contributed by atoms with Crippen molar-refractivity contribution in [2.45, 2.75) is 26.0 Å². The van der Waals surface area contributed by atoms with Gasteiger partial charge in [-0.05, 0) is 54.8 Å². The summed E-state index contributed by atoms with van der Waals surface area (Å²) in [4.78, 5) is 20.6. The van der Waals surface area contributed by atoms with E-state index in [-0.39, 0.29) is 6.61 Å². The average Bonchev–Trinajstić information content (AvgIpc) is 2.90. The van der Waals surface area contributed by atoms with E-state index in [1.807, 2.05) is 30.3 Å². The van der Waals surface area contributed by atoms with Crippen molar-refractivity contribution in [3.05, 3.63) is 76.6 Å². The third-order valence-electron chi connectivity index (χ3n) is 5.92. The van der Waals surface area contributed by atoms with Crippen LogP contribution in [0, 0.1) is 0 Å². The van der Waals surface area contributed by atoms with E-state index in [1.54, 1.807) is 24.5 Å². The van der Waals surface area contributed by atoms with Gasteiger partial charge < -0.3 is 26.2 Å². The van der Waals surface area contributed by atoms with Crippen molar-refractivity contribution < 1.29 is 14.6 Å². The van der Waals surface area contributed by atoms with Gasteiger partial charge in [-0.15, -0.1) is 0 Å². The fraction of sp³-hybridized carbons (Fsp3) is 0.296. The number of anilines is 1. The number of nitrogens with zero attached hydrogens (tertiary/aromatic N) is 2. The third-order valence-corrected chi connectivity index (χ3v) is 6.29. The van der Waals surface area contributed by atoms with Gasteiger partial charge in [-0.25, -0.2) is 4.98 Å². The summed E-state index contributed by atoms with van der Waals surface area (Å²) in [6.45, 7) is 3.39.